The summed E-state index contributed by atoms with van der Waals surface area (Å²) in [4.78, 5) is 15.8. The largest absolute Gasteiger partial charge is 0.365 e. The SMILES string of the molecule is CC(C)c1ccc(N2C[C@@H](N(C)S(C)(=O)=O)[C@@H]2C)c2cnc(Nc3ccnc(-c4cnn(S(=O)(=O)C5CC5)c4)n3)cc12. The number of nitrogens with zero attached hydrogens (tertiary/aromatic N) is 7. The minimum atomic E-state index is -3.48. The monoisotopic (exact) mass is 610 g/mol. The highest BCUT2D eigenvalue weighted by atomic mass is 32.2. The second-order valence-electron chi connectivity index (χ2n) is 11.4. The number of nitrogens with one attached hydrogen (secondary N) is 1. The van der Waals surface area contributed by atoms with Gasteiger partial charge >= 0.3 is 0 Å². The molecule has 0 bridgehead atoms. The van der Waals surface area contributed by atoms with Crippen LogP contribution in [0.1, 0.15) is 45.1 Å². The second-order valence-corrected chi connectivity index (χ2v) is 15.5. The molecule has 2 fully saturated rings. The van der Waals surface area contributed by atoms with E-state index in [0.29, 0.717) is 42.4 Å². The third-order valence-corrected chi connectivity index (χ3v) is 11.6. The van der Waals surface area contributed by atoms with Gasteiger partial charge in [0.05, 0.1) is 35.5 Å². The van der Waals surface area contributed by atoms with E-state index < -0.39 is 20.0 Å². The molecule has 222 valence electrons. The van der Waals surface area contributed by atoms with Crippen LogP contribution in [-0.2, 0) is 20.0 Å². The van der Waals surface area contributed by atoms with E-state index in [9.17, 15) is 16.8 Å². The lowest BCUT2D eigenvalue weighted by Crippen LogP contribution is -2.65. The summed E-state index contributed by atoms with van der Waals surface area (Å²) < 4.78 is 51.7. The van der Waals surface area contributed by atoms with E-state index in [0.717, 1.165) is 20.5 Å². The zero-order valence-electron chi connectivity index (χ0n) is 24.1. The van der Waals surface area contributed by atoms with Gasteiger partial charge in [0.1, 0.15) is 11.6 Å². The minimum Gasteiger partial charge on any atom is -0.365 e. The predicted molar refractivity (Wildman–Crippen MR) is 163 cm³/mol. The van der Waals surface area contributed by atoms with E-state index in [4.69, 9.17) is 0 Å². The highest BCUT2D eigenvalue weighted by Crippen LogP contribution is 2.39. The van der Waals surface area contributed by atoms with Crippen LogP contribution in [0.5, 0.6) is 0 Å². The van der Waals surface area contributed by atoms with Crippen LogP contribution in [0.2, 0.25) is 0 Å². The molecule has 0 unspecified atom stereocenters. The van der Waals surface area contributed by atoms with Crippen LogP contribution < -0.4 is 10.2 Å². The maximum atomic E-state index is 12.5. The summed E-state index contributed by atoms with van der Waals surface area (Å²) in [5.41, 5.74) is 2.69. The zero-order valence-corrected chi connectivity index (χ0v) is 25.8. The van der Waals surface area contributed by atoms with Gasteiger partial charge in [-0.05, 0) is 54.8 Å². The number of likely N-dealkylation sites (N-methyl/N-ethyl adjacent to an activating group) is 1. The van der Waals surface area contributed by atoms with Crippen molar-refractivity contribution >= 4 is 48.1 Å². The van der Waals surface area contributed by atoms with Gasteiger partial charge in [0.2, 0.25) is 10.0 Å². The molecule has 3 aromatic heterocycles. The van der Waals surface area contributed by atoms with Gasteiger partial charge in [-0.3, -0.25) is 0 Å². The standard InChI is InChI=1S/C28H34N8O4S2/c1-17(2)21-8-9-24(35-16-25(18(35)3)34(4)41(5,37)38)23-14-30-27(12-22(21)23)32-26-10-11-29-28(33-26)19-13-31-36(15-19)42(39,40)20-6-7-20/h8-15,17-18,20,25H,6-7,16H2,1-5H3,(H,29,30,32,33)/t18-,25+/m0/s1. The third kappa shape index (κ3) is 5.11. The molecule has 2 atom stereocenters. The Morgan fingerprint density at radius 1 is 1.02 bits per heavy atom. The van der Waals surface area contributed by atoms with Crippen molar-refractivity contribution in [2.75, 3.05) is 30.1 Å². The Bertz CT molecular complexity index is 1890. The fourth-order valence-corrected chi connectivity index (χ4v) is 7.63. The first-order valence-electron chi connectivity index (χ1n) is 13.9. The van der Waals surface area contributed by atoms with Gasteiger partial charge in [0, 0.05) is 43.1 Å². The van der Waals surface area contributed by atoms with Crippen LogP contribution in [-0.4, -0.2) is 82.5 Å². The fourth-order valence-electron chi connectivity index (χ4n) is 5.42. The van der Waals surface area contributed by atoms with Crippen molar-refractivity contribution < 1.29 is 16.8 Å². The van der Waals surface area contributed by atoms with Gasteiger partial charge in [-0.15, -0.1) is 0 Å². The Morgan fingerprint density at radius 2 is 1.79 bits per heavy atom. The van der Waals surface area contributed by atoms with Crippen molar-refractivity contribution in [3.8, 4) is 11.4 Å². The molecule has 0 amide bonds. The van der Waals surface area contributed by atoms with Crippen molar-refractivity contribution in [3.05, 3.63) is 54.6 Å². The molecule has 14 heteroatoms. The first kappa shape index (κ1) is 28.5. The number of hydrogen-bond acceptors (Lipinski definition) is 10. The molecule has 1 saturated heterocycles. The van der Waals surface area contributed by atoms with Gasteiger partial charge in [0.15, 0.2) is 5.82 Å². The van der Waals surface area contributed by atoms with Crippen LogP contribution in [0.25, 0.3) is 22.2 Å². The maximum Gasteiger partial charge on any atom is 0.256 e. The van der Waals surface area contributed by atoms with E-state index in [1.165, 1.54) is 28.5 Å². The van der Waals surface area contributed by atoms with E-state index >= 15 is 0 Å². The van der Waals surface area contributed by atoms with Crippen molar-refractivity contribution in [1.29, 1.82) is 0 Å². The van der Waals surface area contributed by atoms with Gasteiger partial charge in [-0.2, -0.15) is 13.5 Å². The highest BCUT2D eigenvalue weighted by Gasteiger charge is 2.42. The molecule has 4 aromatic rings. The van der Waals surface area contributed by atoms with E-state index in [1.54, 1.807) is 19.3 Å². The van der Waals surface area contributed by atoms with Crippen molar-refractivity contribution in [1.82, 2.24) is 28.4 Å². The second kappa shape index (κ2) is 10.3. The number of pyridine rings is 1. The Labute approximate surface area is 245 Å². The van der Waals surface area contributed by atoms with Crippen LogP contribution in [0, 0.1) is 0 Å². The maximum absolute atomic E-state index is 12.5. The molecular formula is C28H34N8O4S2. The molecule has 1 N–H and O–H groups in total. The first-order chi connectivity index (χ1) is 19.8. The number of benzene rings is 1. The topological polar surface area (TPSA) is 143 Å². The Balaban J connectivity index is 1.28. The number of hydrogen-bond donors (Lipinski definition) is 1. The quantitative estimate of drug-likeness (QED) is 0.299. The molecule has 2 aliphatic rings. The van der Waals surface area contributed by atoms with Gasteiger partial charge in [0.25, 0.3) is 10.0 Å². The summed E-state index contributed by atoms with van der Waals surface area (Å²) in [7, 11) is -5.12. The number of anilines is 3. The van der Waals surface area contributed by atoms with Gasteiger partial charge in [-0.1, -0.05) is 19.9 Å². The lowest BCUT2D eigenvalue weighted by atomic mass is 9.92. The summed E-state index contributed by atoms with van der Waals surface area (Å²) in [6.07, 6.45) is 8.90. The molecule has 0 radical (unpaired) electrons. The van der Waals surface area contributed by atoms with Gasteiger partial charge < -0.3 is 10.2 Å². The number of aromatic nitrogens is 5. The molecule has 1 saturated carbocycles. The molecule has 12 nitrogen and oxygen atoms in total. The average molecular weight is 611 g/mol. The van der Waals surface area contributed by atoms with Crippen molar-refractivity contribution in [2.45, 2.75) is 56.9 Å². The summed E-state index contributed by atoms with van der Waals surface area (Å²) in [6, 6.07) is 7.87. The van der Waals surface area contributed by atoms with E-state index in [2.05, 4.69) is 56.2 Å². The lowest BCUT2D eigenvalue weighted by molar-refractivity contribution is 0.251. The molecule has 1 aromatic carbocycles. The fraction of sp³-hybridized carbons (Fsp3) is 0.429. The van der Waals surface area contributed by atoms with Gasteiger partial charge in [-0.25, -0.2) is 31.8 Å². The Morgan fingerprint density at radius 3 is 2.45 bits per heavy atom. The van der Waals surface area contributed by atoms with E-state index in [1.807, 2.05) is 19.2 Å². The first-order valence-corrected chi connectivity index (χ1v) is 17.2. The molecule has 4 heterocycles. The molecule has 0 spiro atoms. The summed E-state index contributed by atoms with van der Waals surface area (Å²) >= 11 is 0. The zero-order chi connectivity index (χ0) is 30.0. The number of sulfonamides is 1. The summed E-state index contributed by atoms with van der Waals surface area (Å²) in [5.74, 6) is 1.73. The Hall–Kier alpha value is -3.62. The van der Waals surface area contributed by atoms with Crippen LogP contribution >= 0.6 is 0 Å². The summed E-state index contributed by atoms with van der Waals surface area (Å²) in [6.45, 7) is 6.93. The third-order valence-electron chi connectivity index (χ3n) is 8.20. The highest BCUT2D eigenvalue weighted by molar-refractivity contribution is 7.90. The van der Waals surface area contributed by atoms with Crippen LogP contribution in [0.4, 0.5) is 17.3 Å². The van der Waals surface area contributed by atoms with Crippen LogP contribution in [0.15, 0.2) is 49.1 Å². The smallest absolute Gasteiger partial charge is 0.256 e. The summed E-state index contributed by atoms with van der Waals surface area (Å²) in [5, 5.41) is 8.99. The minimum absolute atomic E-state index is 0.0127. The lowest BCUT2D eigenvalue weighted by Gasteiger charge is -2.51. The Kier molecular flexibility index (Phi) is 6.97. The van der Waals surface area contributed by atoms with Crippen LogP contribution in [0.3, 0.4) is 0 Å². The number of fused-ring (bicyclic) bond motifs is 1. The molecular weight excluding hydrogens is 576 g/mol. The number of rotatable bonds is 9. The molecule has 1 aliphatic carbocycles. The normalized spacial score (nSPS) is 19.5. The average Bonchev–Trinajstić information content (AvgIpc) is 3.68. The van der Waals surface area contributed by atoms with Crippen molar-refractivity contribution in [2.24, 2.45) is 0 Å². The predicted octanol–water partition coefficient (Wildman–Crippen LogP) is 3.56. The molecule has 6 rings (SSSR count). The molecule has 1 aliphatic heterocycles. The molecule has 42 heavy (non-hydrogen) atoms. The van der Waals surface area contributed by atoms with Crippen molar-refractivity contribution in [3.63, 3.8) is 0 Å². The van der Waals surface area contributed by atoms with E-state index in [-0.39, 0.29) is 23.3 Å².